The van der Waals surface area contributed by atoms with Gasteiger partial charge in [0.05, 0.1) is 12.0 Å². The number of nitrogens with one attached hydrogen (secondary N) is 1. The molecule has 7 nitrogen and oxygen atoms in total. The summed E-state index contributed by atoms with van der Waals surface area (Å²) in [5, 5.41) is 17.1. The minimum atomic E-state index is -0.821. The van der Waals surface area contributed by atoms with E-state index < -0.39 is 16.3 Å². The zero-order valence-electron chi connectivity index (χ0n) is 9.53. The molecule has 0 radical (unpaired) electrons. The SMILES string of the molecule is COC(=O)c1n[nH]c(C(C)(C)C)c1[N+](=O)[O-]. The molecule has 0 saturated heterocycles. The van der Waals surface area contributed by atoms with Crippen molar-refractivity contribution >= 4 is 11.7 Å². The van der Waals surface area contributed by atoms with Gasteiger partial charge in [0.2, 0.25) is 5.69 Å². The van der Waals surface area contributed by atoms with Crippen molar-refractivity contribution in [3.05, 3.63) is 21.5 Å². The highest BCUT2D eigenvalue weighted by Crippen LogP contribution is 2.31. The van der Waals surface area contributed by atoms with Crippen LogP contribution in [0.5, 0.6) is 0 Å². The van der Waals surface area contributed by atoms with E-state index in [0.717, 1.165) is 7.11 Å². The maximum atomic E-state index is 11.3. The lowest BCUT2D eigenvalue weighted by molar-refractivity contribution is -0.386. The molecule has 1 aromatic rings. The number of H-pyrrole nitrogens is 1. The molecule has 0 amide bonds. The number of nitrogens with zero attached hydrogens (tertiary/aromatic N) is 2. The molecular formula is C9H13N3O4. The molecule has 0 aliphatic heterocycles. The molecule has 1 rings (SSSR count). The summed E-state index contributed by atoms with van der Waals surface area (Å²) in [5.74, 6) is -0.821. The fraction of sp³-hybridized carbons (Fsp3) is 0.556. The summed E-state index contributed by atoms with van der Waals surface area (Å²) < 4.78 is 4.43. The minimum absolute atomic E-state index is 0.294. The Labute approximate surface area is 91.9 Å². The van der Waals surface area contributed by atoms with Crippen molar-refractivity contribution in [3.63, 3.8) is 0 Å². The Kier molecular flexibility index (Phi) is 2.97. The number of ether oxygens (including phenoxy) is 1. The summed E-state index contributed by atoms with van der Waals surface area (Å²) in [6.07, 6.45) is 0. The van der Waals surface area contributed by atoms with E-state index in [0.29, 0.717) is 5.69 Å². The first-order valence-corrected chi connectivity index (χ1v) is 4.60. The molecule has 0 aromatic carbocycles. The fourth-order valence-electron chi connectivity index (χ4n) is 1.28. The Hall–Kier alpha value is -1.92. The Morgan fingerprint density at radius 1 is 1.50 bits per heavy atom. The molecule has 0 saturated carbocycles. The number of hydrogen-bond acceptors (Lipinski definition) is 5. The molecule has 88 valence electrons. The van der Waals surface area contributed by atoms with E-state index in [1.54, 1.807) is 20.8 Å². The number of methoxy groups -OCH3 is 1. The number of carbonyl (C=O) groups is 1. The van der Waals surface area contributed by atoms with Crippen molar-refractivity contribution < 1.29 is 14.5 Å². The van der Waals surface area contributed by atoms with Crippen molar-refractivity contribution in [1.29, 1.82) is 0 Å². The second kappa shape index (κ2) is 3.92. The highest BCUT2D eigenvalue weighted by atomic mass is 16.6. The van der Waals surface area contributed by atoms with Gasteiger partial charge in [0, 0.05) is 5.41 Å². The monoisotopic (exact) mass is 227 g/mol. The number of nitro groups is 1. The topological polar surface area (TPSA) is 98.1 Å². The van der Waals surface area contributed by atoms with E-state index >= 15 is 0 Å². The number of carbonyl (C=O) groups excluding carboxylic acids is 1. The van der Waals surface area contributed by atoms with Gasteiger partial charge >= 0.3 is 11.7 Å². The molecule has 0 unspecified atom stereocenters. The Morgan fingerprint density at radius 2 is 2.06 bits per heavy atom. The van der Waals surface area contributed by atoms with E-state index in [4.69, 9.17) is 0 Å². The van der Waals surface area contributed by atoms with Gasteiger partial charge in [-0.05, 0) is 0 Å². The fourth-order valence-corrected chi connectivity index (χ4v) is 1.28. The van der Waals surface area contributed by atoms with Gasteiger partial charge in [-0.3, -0.25) is 15.2 Å². The molecule has 1 heterocycles. The smallest absolute Gasteiger partial charge is 0.365 e. The Morgan fingerprint density at radius 3 is 2.44 bits per heavy atom. The van der Waals surface area contributed by atoms with E-state index in [-0.39, 0.29) is 11.4 Å². The highest BCUT2D eigenvalue weighted by molar-refractivity contribution is 5.92. The molecule has 1 aromatic heterocycles. The van der Waals surface area contributed by atoms with Crippen LogP contribution in [0.25, 0.3) is 0 Å². The van der Waals surface area contributed by atoms with Crippen molar-refractivity contribution in [2.45, 2.75) is 26.2 Å². The number of aromatic nitrogens is 2. The first kappa shape index (κ1) is 12.2. The summed E-state index contributed by atoms with van der Waals surface area (Å²) in [6.45, 7) is 5.36. The van der Waals surface area contributed by atoms with Crippen molar-refractivity contribution in [2.24, 2.45) is 0 Å². The molecule has 16 heavy (non-hydrogen) atoms. The van der Waals surface area contributed by atoms with Crippen molar-refractivity contribution in [3.8, 4) is 0 Å². The van der Waals surface area contributed by atoms with E-state index in [1.165, 1.54) is 0 Å². The standard InChI is InChI=1S/C9H13N3O4/c1-9(2,3)7-6(12(14)15)5(10-11-7)8(13)16-4/h1-4H3,(H,10,11). The molecule has 0 atom stereocenters. The van der Waals surface area contributed by atoms with E-state index in [2.05, 4.69) is 14.9 Å². The van der Waals surface area contributed by atoms with Crippen LogP contribution in [0.3, 0.4) is 0 Å². The lowest BCUT2D eigenvalue weighted by Crippen LogP contribution is -2.14. The van der Waals surface area contributed by atoms with Crippen LogP contribution in [-0.4, -0.2) is 28.2 Å². The molecule has 0 aliphatic rings. The lowest BCUT2D eigenvalue weighted by Gasteiger charge is -2.14. The van der Waals surface area contributed by atoms with Crippen LogP contribution in [-0.2, 0) is 10.2 Å². The maximum absolute atomic E-state index is 11.3. The van der Waals surface area contributed by atoms with Gasteiger partial charge in [-0.2, -0.15) is 5.10 Å². The van der Waals surface area contributed by atoms with Gasteiger partial charge in [-0.1, -0.05) is 20.8 Å². The lowest BCUT2D eigenvalue weighted by atomic mass is 9.91. The predicted molar refractivity (Wildman–Crippen MR) is 55.3 cm³/mol. The van der Waals surface area contributed by atoms with Gasteiger partial charge in [-0.25, -0.2) is 4.79 Å². The van der Waals surface area contributed by atoms with Crippen molar-refractivity contribution in [2.75, 3.05) is 7.11 Å². The molecule has 0 aliphatic carbocycles. The van der Waals surface area contributed by atoms with E-state index in [1.807, 2.05) is 0 Å². The molecule has 0 bridgehead atoms. The van der Waals surface area contributed by atoms with Gasteiger partial charge in [0.15, 0.2) is 0 Å². The van der Waals surface area contributed by atoms with Gasteiger partial charge in [0.1, 0.15) is 5.69 Å². The third-order valence-corrected chi connectivity index (χ3v) is 2.05. The summed E-state index contributed by atoms with van der Waals surface area (Å²) in [7, 11) is 1.15. The second-order valence-corrected chi connectivity index (χ2v) is 4.29. The number of esters is 1. The van der Waals surface area contributed by atoms with Crippen LogP contribution in [0.4, 0.5) is 5.69 Å². The third-order valence-electron chi connectivity index (χ3n) is 2.05. The van der Waals surface area contributed by atoms with Crippen LogP contribution in [0.1, 0.15) is 37.0 Å². The zero-order valence-corrected chi connectivity index (χ0v) is 9.53. The van der Waals surface area contributed by atoms with Crippen LogP contribution >= 0.6 is 0 Å². The number of aromatic amines is 1. The molecule has 0 spiro atoms. The normalized spacial score (nSPS) is 11.2. The Balaban J connectivity index is 3.40. The average molecular weight is 227 g/mol. The van der Waals surface area contributed by atoms with Crippen molar-refractivity contribution in [1.82, 2.24) is 10.2 Å². The summed E-state index contributed by atoms with van der Waals surface area (Å²) in [6, 6.07) is 0. The van der Waals surface area contributed by atoms with Crippen LogP contribution in [0.2, 0.25) is 0 Å². The zero-order chi connectivity index (χ0) is 12.5. The van der Waals surface area contributed by atoms with E-state index in [9.17, 15) is 14.9 Å². The second-order valence-electron chi connectivity index (χ2n) is 4.29. The third kappa shape index (κ3) is 2.02. The first-order chi connectivity index (χ1) is 7.29. The first-order valence-electron chi connectivity index (χ1n) is 4.60. The van der Waals surface area contributed by atoms with Gasteiger partial charge in [-0.15, -0.1) is 0 Å². The summed E-state index contributed by atoms with van der Waals surface area (Å²) in [4.78, 5) is 21.5. The number of rotatable bonds is 2. The van der Waals surface area contributed by atoms with Crippen LogP contribution in [0.15, 0.2) is 0 Å². The predicted octanol–water partition coefficient (Wildman–Crippen LogP) is 1.40. The molecule has 1 N–H and O–H groups in total. The summed E-state index contributed by atoms with van der Waals surface area (Å²) in [5.41, 5.74) is -0.809. The summed E-state index contributed by atoms with van der Waals surface area (Å²) >= 11 is 0. The largest absolute Gasteiger partial charge is 0.464 e. The van der Waals surface area contributed by atoms with Gasteiger partial charge < -0.3 is 4.74 Å². The average Bonchev–Trinajstić information content (AvgIpc) is 2.59. The van der Waals surface area contributed by atoms with Crippen LogP contribution in [0, 0.1) is 10.1 Å². The molecule has 7 heteroatoms. The molecular weight excluding hydrogens is 214 g/mol. The molecule has 0 fully saturated rings. The van der Waals surface area contributed by atoms with Crippen LogP contribution < -0.4 is 0 Å². The minimum Gasteiger partial charge on any atom is -0.464 e. The highest BCUT2D eigenvalue weighted by Gasteiger charge is 2.35. The number of hydrogen-bond donors (Lipinski definition) is 1. The Bertz CT molecular complexity index is 430. The maximum Gasteiger partial charge on any atom is 0.365 e. The van der Waals surface area contributed by atoms with Gasteiger partial charge in [0.25, 0.3) is 0 Å². The quantitative estimate of drug-likeness (QED) is 0.467.